The number of aryl methyl sites for hydroxylation is 2. The number of carbonyl (C=O) groups excluding carboxylic acids is 1. The molecule has 1 atom stereocenters. The van der Waals surface area contributed by atoms with Crippen LogP contribution in [0.4, 0.5) is 0 Å². The lowest BCUT2D eigenvalue weighted by Crippen LogP contribution is -2.31. The number of carbonyl (C=O) groups is 1. The first-order chi connectivity index (χ1) is 11.0. The number of hydrogen-bond donors (Lipinski definition) is 1. The van der Waals surface area contributed by atoms with Crippen LogP contribution < -0.4 is 10.1 Å². The second kappa shape index (κ2) is 8.16. The number of halogens is 1. The van der Waals surface area contributed by atoms with Crippen molar-refractivity contribution in [1.29, 1.82) is 0 Å². The molecule has 0 bridgehead atoms. The average Bonchev–Trinajstić information content (AvgIpc) is 2.56. The van der Waals surface area contributed by atoms with E-state index >= 15 is 0 Å². The Hall–Kier alpha value is -1.81. The quantitative estimate of drug-likeness (QED) is 0.813. The summed E-state index contributed by atoms with van der Waals surface area (Å²) < 4.78 is 6.66. The van der Waals surface area contributed by atoms with E-state index in [0.29, 0.717) is 6.54 Å². The van der Waals surface area contributed by atoms with E-state index < -0.39 is 0 Å². The predicted octanol–water partition coefficient (Wildman–Crippen LogP) is 4.36. The highest BCUT2D eigenvalue weighted by Crippen LogP contribution is 2.26. The summed E-state index contributed by atoms with van der Waals surface area (Å²) in [6.45, 7) is 6.74. The van der Waals surface area contributed by atoms with Crippen molar-refractivity contribution in [3.05, 3.63) is 63.6 Å². The molecule has 1 N–H and O–H groups in total. The Morgan fingerprint density at radius 3 is 2.39 bits per heavy atom. The van der Waals surface area contributed by atoms with Gasteiger partial charge >= 0.3 is 0 Å². The molecule has 0 heterocycles. The van der Waals surface area contributed by atoms with Crippen LogP contribution in [0.3, 0.4) is 0 Å². The molecule has 0 aliphatic rings. The molecule has 0 aromatic heterocycles. The third-order valence-corrected chi connectivity index (χ3v) is 5.00. The van der Waals surface area contributed by atoms with Gasteiger partial charge in [-0.3, -0.25) is 4.79 Å². The van der Waals surface area contributed by atoms with Crippen molar-refractivity contribution in [1.82, 2.24) is 5.32 Å². The molecule has 0 radical (unpaired) electrons. The van der Waals surface area contributed by atoms with Crippen LogP contribution in [0, 0.1) is 13.8 Å². The molecule has 3 nitrogen and oxygen atoms in total. The molecule has 2 aromatic carbocycles. The van der Waals surface area contributed by atoms with E-state index in [2.05, 4.69) is 40.3 Å². The molecule has 122 valence electrons. The van der Waals surface area contributed by atoms with Crippen molar-refractivity contribution in [2.24, 2.45) is 0 Å². The van der Waals surface area contributed by atoms with E-state index in [1.54, 1.807) is 0 Å². The normalized spacial score (nSPS) is 11.8. The fourth-order valence-corrected chi connectivity index (χ4v) is 2.58. The van der Waals surface area contributed by atoms with Crippen molar-refractivity contribution < 1.29 is 9.53 Å². The van der Waals surface area contributed by atoms with E-state index in [0.717, 1.165) is 21.3 Å². The van der Waals surface area contributed by atoms with Gasteiger partial charge in [0.1, 0.15) is 5.75 Å². The Balaban J connectivity index is 1.81. The van der Waals surface area contributed by atoms with Crippen LogP contribution in [0.2, 0.25) is 0 Å². The van der Waals surface area contributed by atoms with Crippen LogP contribution in [0.25, 0.3) is 0 Å². The monoisotopic (exact) mass is 375 g/mol. The van der Waals surface area contributed by atoms with Crippen LogP contribution >= 0.6 is 15.9 Å². The van der Waals surface area contributed by atoms with Gasteiger partial charge in [-0.1, -0.05) is 53.2 Å². The molecule has 0 fully saturated rings. The molecule has 1 amide bonds. The van der Waals surface area contributed by atoms with E-state index in [4.69, 9.17) is 4.74 Å². The smallest absolute Gasteiger partial charge is 0.257 e. The van der Waals surface area contributed by atoms with Crippen LogP contribution in [-0.2, 0) is 4.79 Å². The topological polar surface area (TPSA) is 38.3 Å². The summed E-state index contributed by atoms with van der Waals surface area (Å²) in [7, 11) is 0. The Labute approximate surface area is 146 Å². The summed E-state index contributed by atoms with van der Waals surface area (Å²) in [6.07, 6.45) is 0. The number of nitrogens with one attached hydrogen (secondary N) is 1. The maximum Gasteiger partial charge on any atom is 0.257 e. The molecule has 2 aromatic rings. The molecule has 0 aliphatic heterocycles. The number of ether oxygens (including phenoxy) is 1. The second-order valence-electron chi connectivity index (χ2n) is 5.78. The number of hydrogen-bond acceptors (Lipinski definition) is 2. The first-order valence-corrected chi connectivity index (χ1v) is 8.48. The van der Waals surface area contributed by atoms with Crippen molar-refractivity contribution in [2.45, 2.75) is 26.7 Å². The molecule has 2 rings (SSSR count). The minimum Gasteiger partial charge on any atom is -0.484 e. The maximum atomic E-state index is 11.9. The summed E-state index contributed by atoms with van der Waals surface area (Å²) in [5.41, 5.74) is 3.41. The Morgan fingerprint density at radius 1 is 1.17 bits per heavy atom. The van der Waals surface area contributed by atoms with Gasteiger partial charge in [0.15, 0.2) is 6.61 Å². The SMILES string of the molecule is Cc1cc(OCC(=O)NC[C@H](C)c2ccccc2)cc(C)c1Br. The third-order valence-electron chi connectivity index (χ3n) is 3.75. The minimum atomic E-state index is -0.106. The van der Waals surface area contributed by atoms with Crippen molar-refractivity contribution in [3.63, 3.8) is 0 Å². The molecule has 0 unspecified atom stereocenters. The Kier molecular flexibility index (Phi) is 6.22. The summed E-state index contributed by atoms with van der Waals surface area (Å²) >= 11 is 3.52. The lowest BCUT2D eigenvalue weighted by molar-refractivity contribution is -0.123. The summed E-state index contributed by atoms with van der Waals surface area (Å²) in [5, 5.41) is 2.92. The van der Waals surface area contributed by atoms with E-state index in [9.17, 15) is 4.79 Å². The Morgan fingerprint density at radius 2 is 1.78 bits per heavy atom. The molecule has 4 heteroatoms. The molecule has 0 saturated carbocycles. The molecule has 23 heavy (non-hydrogen) atoms. The summed E-state index contributed by atoms with van der Waals surface area (Å²) in [5.74, 6) is 0.887. The highest BCUT2D eigenvalue weighted by atomic mass is 79.9. The van der Waals surface area contributed by atoms with Gasteiger partial charge < -0.3 is 10.1 Å². The van der Waals surface area contributed by atoms with Gasteiger partial charge in [0.25, 0.3) is 5.91 Å². The van der Waals surface area contributed by atoms with Gasteiger partial charge in [0.05, 0.1) is 0 Å². The van der Waals surface area contributed by atoms with Gasteiger partial charge in [0, 0.05) is 11.0 Å². The molecule has 0 saturated heterocycles. The zero-order chi connectivity index (χ0) is 16.8. The lowest BCUT2D eigenvalue weighted by Gasteiger charge is -2.14. The fraction of sp³-hybridized carbons (Fsp3) is 0.316. The van der Waals surface area contributed by atoms with Crippen molar-refractivity contribution in [2.75, 3.05) is 13.2 Å². The predicted molar refractivity (Wildman–Crippen MR) is 97.0 cm³/mol. The van der Waals surface area contributed by atoms with Crippen molar-refractivity contribution >= 4 is 21.8 Å². The largest absolute Gasteiger partial charge is 0.484 e. The van der Waals surface area contributed by atoms with Crippen LogP contribution in [0.5, 0.6) is 5.75 Å². The molecular formula is C19H22BrNO2. The Bertz CT molecular complexity index is 647. The number of rotatable bonds is 6. The van der Waals surface area contributed by atoms with Crippen LogP contribution in [-0.4, -0.2) is 19.1 Å². The molecular weight excluding hydrogens is 354 g/mol. The first kappa shape index (κ1) is 17.5. The average molecular weight is 376 g/mol. The lowest BCUT2D eigenvalue weighted by atomic mass is 10.0. The third kappa shape index (κ3) is 5.10. The van der Waals surface area contributed by atoms with E-state index in [1.165, 1.54) is 5.56 Å². The maximum absolute atomic E-state index is 11.9. The van der Waals surface area contributed by atoms with Gasteiger partial charge in [0.2, 0.25) is 0 Å². The van der Waals surface area contributed by atoms with Crippen LogP contribution in [0.1, 0.15) is 29.5 Å². The van der Waals surface area contributed by atoms with Crippen LogP contribution in [0.15, 0.2) is 46.9 Å². The van der Waals surface area contributed by atoms with Gasteiger partial charge in [-0.25, -0.2) is 0 Å². The van der Waals surface area contributed by atoms with E-state index in [-0.39, 0.29) is 18.4 Å². The minimum absolute atomic E-state index is 0.0298. The fourth-order valence-electron chi connectivity index (χ4n) is 2.36. The van der Waals surface area contributed by atoms with E-state index in [1.807, 2.05) is 44.2 Å². The highest BCUT2D eigenvalue weighted by molar-refractivity contribution is 9.10. The number of amides is 1. The summed E-state index contributed by atoms with van der Waals surface area (Å²) in [4.78, 5) is 11.9. The number of benzene rings is 2. The molecule has 0 aliphatic carbocycles. The zero-order valence-electron chi connectivity index (χ0n) is 13.7. The second-order valence-corrected chi connectivity index (χ2v) is 6.57. The van der Waals surface area contributed by atoms with Gasteiger partial charge in [-0.2, -0.15) is 0 Å². The summed E-state index contributed by atoms with van der Waals surface area (Å²) in [6, 6.07) is 14.0. The zero-order valence-corrected chi connectivity index (χ0v) is 15.3. The van der Waals surface area contributed by atoms with Gasteiger partial charge in [-0.05, 0) is 48.6 Å². The molecule has 0 spiro atoms. The standard InChI is InChI=1S/C19H22BrNO2/c1-13-9-17(10-14(2)19(13)20)23-12-18(22)21-11-15(3)16-7-5-4-6-8-16/h4-10,15H,11-12H2,1-3H3,(H,21,22)/t15-/m0/s1. The first-order valence-electron chi connectivity index (χ1n) is 7.68. The van der Waals surface area contributed by atoms with Crippen molar-refractivity contribution in [3.8, 4) is 5.75 Å². The highest BCUT2D eigenvalue weighted by Gasteiger charge is 2.09. The van der Waals surface area contributed by atoms with Gasteiger partial charge in [-0.15, -0.1) is 0 Å².